The summed E-state index contributed by atoms with van der Waals surface area (Å²) in [5.41, 5.74) is 1.85. The number of carbonyl (C=O) groups is 2. The Labute approximate surface area is 133 Å². The molecule has 0 spiro atoms. The van der Waals surface area contributed by atoms with Crippen LogP contribution >= 0.6 is 0 Å². The van der Waals surface area contributed by atoms with Gasteiger partial charge in [0, 0.05) is 49.5 Å². The van der Waals surface area contributed by atoms with E-state index in [1.54, 1.807) is 0 Å². The lowest BCUT2D eigenvalue weighted by Crippen LogP contribution is -2.24. The van der Waals surface area contributed by atoms with E-state index in [0.29, 0.717) is 24.7 Å². The number of nitrogens with one attached hydrogen (secondary N) is 2. The summed E-state index contributed by atoms with van der Waals surface area (Å²) in [7, 11) is 0. The van der Waals surface area contributed by atoms with Gasteiger partial charge in [-0.1, -0.05) is 13.8 Å². The van der Waals surface area contributed by atoms with Gasteiger partial charge in [0.25, 0.3) is 0 Å². The van der Waals surface area contributed by atoms with Crippen molar-refractivity contribution >= 4 is 11.6 Å². The Balaban J connectivity index is 1.65. The predicted molar refractivity (Wildman–Crippen MR) is 88.2 cm³/mol. The normalized spacial score (nSPS) is 29.9. The molecule has 0 aliphatic heterocycles. The summed E-state index contributed by atoms with van der Waals surface area (Å²) in [5.74, 6) is 1.61. The Bertz CT molecular complexity index is 435. The third kappa shape index (κ3) is 5.00. The smallest absolute Gasteiger partial charge is 0.160 e. The highest BCUT2D eigenvalue weighted by atomic mass is 16.1. The monoisotopic (exact) mass is 304 g/mol. The molecule has 2 unspecified atom stereocenters. The zero-order valence-electron chi connectivity index (χ0n) is 13.8. The van der Waals surface area contributed by atoms with Gasteiger partial charge >= 0.3 is 0 Å². The topological polar surface area (TPSA) is 58.2 Å². The third-order valence-corrected chi connectivity index (χ3v) is 4.56. The van der Waals surface area contributed by atoms with Crippen LogP contribution in [0, 0.1) is 11.8 Å². The molecule has 2 saturated carbocycles. The molecule has 2 aliphatic rings. The van der Waals surface area contributed by atoms with Crippen molar-refractivity contribution in [1.82, 2.24) is 10.6 Å². The lowest BCUT2D eigenvalue weighted by atomic mass is 9.86. The van der Waals surface area contributed by atoms with Crippen LogP contribution in [-0.2, 0) is 9.59 Å². The van der Waals surface area contributed by atoms with Crippen molar-refractivity contribution < 1.29 is 9.59 Å². The summed E-state index contributed by atoms with van der Waals surface area (Å²) < 4.78 is 0. The van der Waals surface area contributed by atoms with Gasteiger partial charge in [-0.15, -0.1) is 0 Å². The van der Waals surface area contributed by atoms with Gasteiger partial charge in [0.15, 0.2) is 11.6 Å². The summed E-state index contributed by atoms with van der Waals surface area (Å²) in [6, 6.07) is 0. The van der Waals surface area contributed by atoms with Gasteiger partial charge in [0.05, 0.1) is 0 Å². The molecule has 2 atom stereocenters. The van der Waals surface area contributed by atoms with Crippen LogP contribution in [0.25, 0.3) is 0 Å². The van der Waals surface area contributed by atoms with E-state index in [9.17, 15) is 9.59 Å². The average Bonchev–Trinajstić information content (AvgIpc) is 2.46. The predicted octanol–water partition coefficient (Wildman–Crippen LogP) is 2.71. The standard InChI is InChI=1S/C18H28N2O2/c1-13-3-5-15(17(21)9-13)11-19-7-8-20-12-16-6-4-14(2)10-18(16)22/h11-14,19-20H,3-10H2,1-2H3/b15-11-,16-12-. The third-order valence-electron chi connectivity index (χ3n) is 4.56. The van der Waals surface area contributed by atoms with Crippen molar-refractivity contribution in [3.05, 3.63) is 23.5 Å². The van der Waals surface area contributed by atoms with Crippen LogP contribution in [0.5, 0.6) is 0 Å². The summed E-state index contributed by atoms with van der Waals surface area (Å²) in [6.45, 7) is 5.76. The summed E-state index contributed by atoms with van der Waals surface area (Å²) in [6.07, 6.45) is 9.08. The summed E-state index contributed by atoms with van der Waals surface area (Å²) >= 11 is 0. The molecule has 0 radical (unpaired) electrons. The molecule has 22 heavy (non-hydrogen) atoms. The van der Waals surface area contributed by atoms with Gasteiger partial charge in [-0.05, 0) is 37.5 Å². The Kier molecular flexibility index (Phi) is 6.22. The Hall–Kier alpha value is -1.58. The molecule has 2 aliphatic carbocycles. The van der Waals surface area contributed by atoms with Gasteiger partial charge in [-0.25, -0.2) is 0 Å². The van der Waals surface area contributed by atoms with E-state index in [4.69, 9.17) is 0 Å². The molecule has 0 saturated heterocycles. The Morgan fingerprint density at radius 3 is 1.64 bits per heavy atom. The first kappa shape index (κ1) is 16.8. The van der Waals surface area contributed by atoms with Crippen LogP contribution in [0.2, 0.25) is 0 Å². The molecule has 2 rings (SSSR count). The molecule has 0 heterocycles. The molecule has 0 aromatic rings. The van der Waals surface area contributed by atoms with E-state index in [-0.39, 0.29) is 11.6 Å². The number of ketones is 2. The van der Waals surface area contributed by atoms with E-state index in [0.717, 1.165) is 49.9 Å². The number of hydrogen-bond acceptors (Lipinski definition) is 4. The van der Waals surface area contributed by atoms with Crippen molar-refractivity contribution in [3.63, 3.8) is 0 Å². The summed E-state index contributed by atoms with van der Waals surface area (Å²) in [5, 5.41) is 6.39. The average molecular weight is 304 g/mol. The second-order valence-electron chi connectivity index (χ2n) is 6.79. The molecule has 0 aromatic heterocycles. The van der Waals surface area contributed by atoms with Gasteiger partial charge in [-0.2, -0.15) is 0 Å². The molecular formula is C18H28N2O2. The van der Waals surface area contributed by atoms with Crippen LogP contribution < -0.4 is 10.6 Å². The fourth-order valence-corrected chi connectivity index (χ4v) is 3.02. The zero-order chi connectivity index (χ0) is 15.9. The van der Waals surface area contributed by atoms with E-state index in [1.165, 1.54) is 0 Å². The maximum atomic E-state index is 11.8. The molecular weight excluding hydrogens is 276 g/mol. The Morgan fingerprint density at radius 1 is 0.864 bits per heavy atom. The van der Waals surface area contributed by atoms with Crippen LogP contribution in [0.3, 0.4) is 0 Å². The van der Waals surface area contributed by atoms with E-state index >= 15 is 0 Å². The fourth-order valence-electron chi connectivity index (χ4n) is 3.02. The minimum absolute atomic E-state index is 0.281. The molecule has 2 fully saturated rings. The van der Waals surface area contributed by atoms with Crippen molar-refractivity contribution in [3.8, 4) is 0 Å². The number of rotatable bonds is 5. The van der Waals surface area contributed by atoms with Gasteiger partial charge in [0.1, 0.15) is 0 Å². The molecule has 4 nitrogen and oxygen atoms in total. The van der Waals surface area contributed by atoms with E-state index in [1.807, 2.05) is 12.4 Å². The first-order valence-corrected chi connectivity index (χ1v) is 8.47. The molecule has 0 aromatic carbocycles. The van der Waals surface area contributed by atoms with Crippen molar-refractivity contribution in [2.75, 3.05) is 13.1 Å². The van der Waals surface area contributed by atoms with Crippen molar-refractivity contribution in [2.24, 2.45) is 11.8 Å². The van der Waals surface area contributed by atoms with Crippen LogP contribution in [0.4, 0.5) is 0 Å². The van der Waals surface area contributed by atoms with Crippen LogP contribution in [-0.4, -0.2) is 24.7 Å². The number of hydrogen-bond donors (Lipinski definition) is 2. The van der Waals surface area contributed by atoms with E-state index < -0.39 is 0 Å². The highest BCUT2D eigenvalue weighted by Gasteiger charge is 2.20. The highest BCUT2D eigenvalue weighted by molar-refractivity contribution is 5.96. The van der Waals surface area contributed by atoms with Crippen molar-refractivity contribution in [2.45, 2.75) is 52.4 Å². The molecule has 0 bridgehead atoms. The number of allylic oxidation sites excluding steroid dienone is 2. The summed E-state index contributed by atoms with van der Waals surface area (Å²) in [4.78, 5) is 23.6. The second-order valence-corrected chi connectivity index (χ2v) is 6.79. The first-order valence-electron chi connectivity index (χ1n) is 8.47. The molecule has 122 valence electrons. The van der Waals surface area contributed by atoms with Crippen LogP contribution in [0.15, 0.2) is 23.5 Å². The SMILES string of the molecule is CC1CC/C(=C/NCCN/C=C2/CCC(C)CC2=O)C(=O)C1. The zero-order valence-corrected chi connectivity index (χ0v) is 13.8. The lowest BCUT2D eigenvalue weighted by Gasteiger charge is -2.19. The van der Waals surface area contributed by atoms with E-state index in [2.05, 4.69) is 24.5 Å². The van der Waals surface area contributed by atoms with Gasteiger partial charge in [0.2, 0.25) is 0 Å². The number of Topliss-reactive ketones (excluding diaryl/α,β-unsaturated/α-hetero) is 2. The first-order chi connectivity index (χ1) is 10.6. The van der Waals surface area contributed by atoms with Gasteiger partial charge in [-0.3, -0.25) is 9.59 Å². The fraction of sp³-hybridized carbons (Fsp3) is 0.667. The molecule has 2 N–H and O–H groups in total. The maximum absolute atomic E-state index is 11.8. The lowest BCUT2D eigenvalue weighted by molar-refractivity contribution is -0.118. The highest BCUT2D eigenvalue weighted by Crippen LogP contribution is 2.25. The minimum atomic E-state index is 0.281. The quantitative estimate of drug-likeness (QED) is 0.606. The minimum Gasteiger partial charge on any atom is -0.389 e. The largest absolute Gasteiger partial charge is 0.389 e. The molecule has 0 amide bonds. The van der Waals surface area contributed by atoms with Gasteiger partial charge < -0.3 is 10.6 Å². The Morgan fingerprint density at radius 2 is 1.27 bits per heavy atom. The number of carbonyl (C=O) groups excluding carboxylic acids is 2. The molecule has 4 heteroatoms. The maximum Gasteiger partial charge on any atom is 0.160 e. The van der Waals surface area contributed by atoms with Crippen LogP contribution in [0.1, 0.15) is 52.4 Å². The second kappa shape index (κ2) is 8.16. The van der Waals surface area contributed by atoms with Crippen molar-refractivity contribution in [1.29, 1.82) is 0 Å².